The summed E-state index contributed by atoms with van der Waals surface area (Å²) in [4.78, 5) is 18.4. The van der Waals surface area contributed by atoms with Crippen molar-refractivity contribution in [2.45, 2.75) is 38.4 Å². The van der Waals surface area contributed by atoms with Gasteiger partial charge in [-0.05, 0) is 25.8 Å². The molecule has 1 saturated heterocycles. The summed E-state index contributed by atoms with van der Waals surface area (Å²) in [6.45, 7) is 2.22. The number of rotatable bonds is 4. The fourth-order valence-electron chi connectivity index (χ4n) is 3.03. The molecule has 3 rings (SSSR count). The van der Waals surface area contributed by atoms with Crippen LogP contribution in [0.25, 0.3) is 0 Å². The van der Waals surface area contributed by atoms with Gasteiger partial charge < -0.3 is 10.1 Å². The zero-order valence-electron chi connectivity index (χ0n) is 14.8. The average Bonchev–Trinajstić information content (AvgIpc) is 3.28. The number of oxime groups is 1. The van der Waals surface area contributed by atoms with E-state index in [0.29, 0.717) is 31.6 Å². The largest absolute Gasteiger partial charge is 0.435 e. The van der Waals surface area contributed by atoms with Gasteiger partial charge in [0.05, 0.1) is 5.01 Å². The maximum absolute atomic E-state index is 12.7. The third-order valence-electron chi connectivity index (χ3n) is 4.57. The molecule has 3 heterocycles. The third kappa shape index (κ3) is 4.46. The highest BCUT2D eigenvalue weighted by molar-refractivity contribution is 7.10. The van der Waals surface area contributed by atoms with Crippen LogP contribution in [0.5, 0.6) is 0 Å². The van der Waals surface area contributed by atoms with E-state index in [1.54, 1.807) is 10.3 Å². The van der Waals surface area contributed by atoms with Crippen LogP contribution in [0, 0.1) is 6.92 Å². The van der Waals surface area contributed by atoms with E-state index in [4.69, 9.17) is 16.8 Å². The summed E-state index contributed by atoms with van der Waals surface area (Å²) >= 11 is 7.15. The SMILES string of the molecule is Cc1cc(C(F)(F)F)nn1CC(=O)N1CCC(c2nc(C(Cl)=NO)cs2)CC1. The molecule has 152 valence electrons. The summed E-state index contributed by atoms with van der Waals surface area (Å²) in [6.07, 6.45) is -3.18. The number of carbonyl (C=O) groups is 1. The summed E-state index contributed by atoms with van der Waals surface area (Å²) < 4.78 is 39.3. The van der Waals surface area contributed by atoms with E-state index in [1.807, 2.05) is 0 Å². The second-order valence-corrected chi connectivity index (χ2v) is 7.69. The van der Waals surface area contributed by atoms with Gasteiger partial charge >= 0.3 is 6.18 Å². The highest BCUT2D eigenvalue weighted by atomic mass is 35.5. The second kappa shape index (κ2) is 8.08. The number of carbonyl (C=O) groups excluding carboxylic acids is 1. The number of hydrogen-bond donors (Lipinski definition) is 1. The van der Waals surface area contributed by atoms with Gasteiger partial charge in [-0.3, -0.25) is 9.48 Å². The van der Waals surface area contributed by atoms with Crippen LogP contribution in [0.2, 0.25) is 0 Å². The molecule has 2 aromatic heterocycles. The summed E-state index contributed by atoms with van der Waals surface area (Å²) in [5, 5.41) is 17.6. The van der Waals surface area contributed by atoms with Gasteiger partial charge in [0.2, 0.25) is 5.91 Å². The van der Waals surface area contributed by atoms with Crippen molar-refractivity contribution in [2.24, 2.45) is 5.16 Å². The molecule has 1 N–H and O–H groups in total. The van der Waals surface area contributed by atoms with Gasteiger partial charge in [0, 0.05) is 30.1 Å². The highest BCUT2D eigenvalue weighted by Crippen LogP contribution is 2.31. The Morgan fingerprint density at radius 2 is 2.11 bits per heavy atom. The Bertz CT molecular complexity index is 887. The summed E-state index contributed by atoms with van der Waals surface area (Å²) in [6, 6.07) is 0.931. The van der Waals surface area contributed by atoms with Crippen molar-refractivity contribution in [3.63, 3.8) is 0 Å². The molecule has 7 nitrogen and oxygen atoms in total. The number of amides is 1. The van der Waals surface area contributed by atoms with Crippen molar-refractivity contribution in [2.75, 3.05) is 13.1 Å². The maximum Gasteiger partial charge on any atom is 0.435 e. The van der Waals surface area contributed by atoms with Crippen molar-refractivity contribution >= 4 is 34.0 Å². The van der Waals surface area contributed by atoms with E-state index in [0.717, 1.165) is 15.8 Å². The van der Waals surface area contributed by atoms with Crippen LogP contribution >= 0.6 is 22.9 Å². The molecule has 2 aromatic rings. The number of thiazole rings is 1. The average molecular weight is 436 g/mol. The van der Waals surface area contributed by atoms with Crippen LogP contribution in [0.4, 0.5) is 13.2 Å². The van der Waals surface area contributed by atoms with Crippen molar-refractivity contribution in [3.05, 3.63) is 33.5 Å². The topological polar surface area (TPSA) is 83.6 Å². The molecular formula is C16H17ClF3N5O2S. The van der Waals surface area contributed by atoms with Gasteiger partial charge in [0.15, 0.2) is 10.9 Å². The van der Waals surface area contributed by atoms with Gasteiger partial charge in [-0.15, -0.1) is 11.3 Å². The molecule has 0 spiro atoms. The smallest absolute Gasteiger partial charge is 0.410 e. The lowest BCUT2D eigenvalue weighted by Crippen LogP contribution is -2.40. The first-order valence-electron chi connectivity index (χ1n) is 8.41. The molecule has 0 aliphatic carbocycles. The molecular weight excluding hydrogens is 419 g/mol. The van der Waals surface area contributed by atoms with E-state index >= 15 is 0 Å². The standard InChI is InChI=1S/C16H17ClF3N5O2S/c1-9-6-12(16(18,19)20)22-25(9)7-13(26)24-4-2-10(3-5-24)15-21-11(8-28-15)14(17)23-27/h6,8,10,27H,2-5,7H2,1H3. The molecule has 12 heteroatoms. The van der Waals surface area contributed by atoms with Crippen molar-refractivity contribution in [1.29, 1.82) is 0 Å². The zero-order valence-corrected chi connectivity index (χ0v) is 16.4. The lowest BCUT2D eigenvalue weighted by molar-refractivity contribution is -0.142. The lowest BCUT2D eigenvalue weighted by Gasteiger charge is -2.31. The van der Waals surface area contributed by atoms with Crippen LogP contribution in [-0.4, -0.2) is 49.0 Å². The summed E-state index contributed by atoms with van der Waals surface area (Å²) in [7, 11) is 0. The van der Waals surface area contributed by atoms with E-state index in [-0.39, 0.29) is 29.2 Å². The number of aromatic nitrogens is 3. The van der Waals surface area contributed by atoms with Crippen LogP contribution in [0.1, 0.15) is 40.8 Å². The van der Waals surface area contributed by atoms with Gasteiger partial charge in [-0.25, -0.2) is 4.98 Å². The molecule has 0 radical (unpaired) electrons. The van der Waals surface area contributed by atoms with E-state index in [9.17, 15) is 18.0 Å². The Labute approximate surface area is 167 Å². The molecule has 1 fully saturated rings. The molecule has 1 aliphatic rings. The number of likely N-dealkylation sites (tertiary alicyclic amines) is 1. The first-order valence-corrected chi connectivity index (χ1v) is 9.67. The second-order valence-electron chi connectivity index (χ2n) is 6.44. The number of halogens is 4. The van der Waals surface area contributed by atoms with Gasteiger partial charge in [0.25, 0.3) is 0 Å². The van der Waals surface area contributed by atoms with Crippen molar-refractivity contribution in [1.82, 2.24) is 19.7 Å². The Kier molecular flexibility index (Phi) is 5.94. The Hall–Kier alpha value is -2.14. The molecule has 1 aliphatic heterocycles. The van der Waals surface area contributed by atoms with Crippen molar-refractivity contribution < 1.29 is 23.2 Å². The Morgan fingerprint density at radius 1 is 1.43 bits per heavy atom. The Morgan fingerprint density at radius 3 is 2.68 bits per heavy atom. The van der Waals surface area contributed by atoms with E-state index in [2.05, 4.69) is 15.2 Å². The minimum absolute atomic E-state index is 0.0806. The number of piperidine rings is 1. The zero-order chi connectivity index (χ0) is 20.5. The van der Waals surface area contributed by atoms with E-state index < -0.39 is 11.9 Å². The fourth-order valence-corrected chi connectivity index (χ4v) is 4.17. The number of nitrogens with zero attached hydrogens (tertiary/aromatic N) is 5. The van der Waals surface area contributed by atoms with Crippen molar-refractivity contribution in [3.8, 4) is 0 Å². The predicted molar refractivity (Wildman–Crippen MR) is 96.8 cm³/mol. The Balaban J connectivity index is 1.58. The molecule has 0 atom stereocenters. The number of aryl methyl sites for hydroxylation is 1. The monoisotopic (exact) mass is 435 g/mol. The molecule has 1 amide bonds. The fraction of sp³-hybridized carbons (Fsp3) is 0.500. The predicted octanol–water partition coefficient (Wildman–Crippen LogP) is 3.45. The summed E-state index contributed by atoms with van der Waals surface area (Å²) in [5.74, 6) is -0.122. The first kappa shape index (κ1) is 20.6. The molecule has 0 saturated carbocycles. The molecule has 0 bridgehead atoms. The van der Waals surface area contributed by atoms with Gasteiger partial charge in [-0.1, -0.05) is 16.8 Å². The number of alkyl halides is 3. The number of hydrogen-bond acceptors (Lipinski definition) is 6. The lowest BCUT2D eigenvalue weighted by atomic mass is 9.97. The minimum atomic E-state index is -4.53. The molecule has 0 aromatic carbocycles. The molecule has 28 heavy (non-hydrogen) atoms. The summed E-state index contributed by atoms with van der Waals surface area (Å²) in [5.41, 5.74) is -0.313. The quantitative estimate of drug-likeness (QED) is 0.453. The molecule has 0 unspecified atom stereocenters. The maximum atomic E-state index is 12.7. The van der Waals surface area contributed by atoms with Crippen LogP contribution < -0.4 is 0 Å². The van der Waals surface area contributed by atoms with Crippen LogP contribution in [0.15, 0.2) is 16.6 Å². The minimum Gasteiger partial charge on any atom is -0.410 e. The van der Waals surface area contributed by atoms with Crippen LogP contribution in [-0.2, 0) is 17.5 Å². The van der Waals surface area contributed by atoms with Crippen LogP contribution in [0.3, 0.4) is 0 Å². The first-order chi connectivity index (χ1) is 13.2. The van der Waals surface area contributed by atoms with E-state index in [1.165, 1.54) is 18.3 Å². The third-order valence-corrected chi connectivity index (χ3v) is 5.85. The highest BCUT2D eigenvalue weighted by Gasteiger charge is 2.35. The normalized spacial score (nSPS) is 16.6. The van der Waals surface area contributed by atoms with Gasteiger partial charge in [-0.2, -0.15) is 18.3 Å². The van der Waals surface area contributed by atoms with Gasteiger partial charge in [0.1, 0.15) is 12.2 Å².